The zero-order valence-corrected chi connectivity index (χ0v) is 14.8. The van der Waals surface area contributed by atoms with Gasteiger partial charge in [0.1, 0.15) is 0 Å². The van der Waals surface area contributed by atoms with Gasteiger partial charge < -0.3 is 14.8 Å². The van der Waals surface area contributed by atoms with Gasteiger partial charge in [0, 0.05) is 13.1 Å². The zero-order valence-electron chi connectivity index (χ0n) is 14.8. The fourth-order valence-electron chi connectivity index (χ4n) is 3.89. The van der Waals surface area contributed by atoms with E-state index in [0.717, 1.165) is 63.4 Å². The fourth-order valence-corrected chi connectivity index (χ4v) is 3.89. The lowest BCUT2D eigenvalue weighted by Gasteiger charge is -2.42. The molecule has 0 atom stereocenters. The summed E-state index contributed by atoms with van der Waals surface area (Å²) in [6.45, 7) is 6.28. The van der Waals surface area contributed by atoms with Crippen molar-refractivity contribution in [3.8, 4) is 11.5 Å². The van der Waals surface area contributed by atoms with Gasteiger partial charge in [0.2, 0.25) is 5.91 Å². The minimum Gasteiger partial charge on any atom is -0.493 e. The average Bonchev–Trinajstić information content (AvgIpc) is 2.61. The van der Waals surface area contributed by atoms with E-state index in [-0.39, 0.29) is 11.3 Å². The van der Waals surface area contributed by atoms with E-state index in [2.05, 4.69) is 22.3 Å². The van der Waals surface area contributed by atoms with Crippen LogP contribution in [-0.2, 0) is 11.3 Å². The van der Waals surface area contributed by atoms with Crippen molar-refractivity contribution in [3.05, 3.63) is 23.8 Å². The van der Waals surface area contributed by atoms with Crippen molar-refractivity contribution in [1.82, 2.24) is 10.2 Å². The lowest BCUT2D eigenvalue weighted by molar-refractivity contribution is -0.136. The molecule has 2 heterocycles. The van der Waals surface area contributed by atoms with Gasteiger partial charge in [0.25, 0.3) is 0 Å². The Labute approximate surface area is 144 Å². The summed E-state index contributed by atoms with van der Waals surface area (Å²) in [5.74, 6) is 1.85. The van der Waals surface area contributed by atoms with Gasteiger partial charge in [-0.1, -0.05) is 6.07 Å². The molecule has 1 N–H and O–H groups in total. The molecule has 1 spiro atoms. The van der Waals surface area contributed by atoms with E-state index in [9.17, 15) is 4.79 Å². The highest BCUT2D eigenvalue weighted by atomic mass is 16.5. The number of likely N-dealkylation sites (tertiary alicyclic amines) is 1. The predicted molar refractivity (Wildman–Crippen MR) is 93.4 cm³/mol. The van der Waals surface area contributed by atoms with E-state index >= 15 is 0 Å². The standard InChI is InChI=1S/C19H28N2O3/c1-3-24-16-6-5-15(13-17(16)23-2)14-21-11-8-19(9-12-21)7-4-10-20-18(19)22/h5-6,13H,3-4,7-12,14H2,1-2H3,(H,20,22). The average molecular weight is 332 g/mol. The molecule has 5 heteroatoms. The Hall–Kier alpha value is -1.75. The Morgan fingerprint density at radius 3 is 2.67 bits per heavy atom. The molecule has 1 aromatic rings. The molecule has 0 aromatic heterocycles. The Morgan fingerprint density at radius 2 is 2.00 bits per heavy atom. The van der Waals surface area contributed by atoms with Gasteiger partial charge in [-0.15, -0.1) is 0 Å². The van der Waals surface area contributed by atoms with Crippen molar-refractivity contribution >= 4 is 5.91 Å². The van der Waals surface area contributed by atoms with Gasteiger partial charge in [-0.05, 0) is 63.4 Å². The Bertz CT molecular complexity index is 580. The van der Waals surface area contributed by atoms with Crippen molar-refractivity contribution in [2.24, 2.45) is 5.41 Å². The summed E-state index contributed by atoms with van der Waals surface area (Å²) >= 11 is 0. The van der Waals surface area contributed by atoms with Crippen molar-refractivity contribution in [2.45, 2.75) is 39.2 Å². The lowest BCUT2D eigenvalue weighted by atomic mass is 9.72. The highest BCUT2D eigenvalue weighted by Gasteiger charge is 2.42. The first-order chi connectivity index (χ1) is 11.7. The van der Waals surface area contributed by atoms with E-state index in [0.29, 0.717) is 6.61 Å². The molecule has 24 heavy (non-hydrogen) atoms. The van der Waals surface area contributed by atoms with Crippen LogP contribution in [0.3, 0.4) is 0 Å². The number of piperidine rings is 2. The van der Waals surface area contributed by atoms with Crippen LogP contribution in [0.25, 0.3) is 0 Å². The Morgan fingerprint density at radius 1 is 1.21 bits per heavy atom. The molecule has 0 radical (unpaired) electrons. The van der Waals surface area contributed by atoms with Gasteiger partial charge in [0.15, 0.2) is 11.5 Å². The van der Waals surface area contributed by atoms with Crippen LogP contribution < -0.4 is 14.8 Å². The summed E-state index contributed by atoms with van der Waals surface area (Å²) in [4.78, 5) is 14.7. The third-order valence-electron chi connectivity index (χ3n) is 5.35. The number of ether oxygens (including phenoxy) is 2. The van der Waals surface area contributed by atoms with Crippen LogP contribution in [0.1, 0.15) is 38.2 Å². The molecule has 2 fully saturated rings. The number of rotatable bonds is 5. The van der Waals surface area contributed by atoms with Crippen molar-refractivity contribution < 1.29 is 14.3 Å². The molecule has 0 unspecified atom stereocenters. The molecular weight excluding hydrogens is 304 g/mol. The third kappa shape index (κ3) is 3.51. The van der Waals surface area contributed by atoms with Crippen molar-refractivity contribution in [2.75, 3.05) is 33.4 Å². The molecule has 1 aromatic carbocycles. The largest absolute Gasteiger partial charge is 0.493 e. The van der Waals surface area contributed by atoms with Gasteiger partial charge in [0.05, 0.1) is 19.1 Å². The minimum absolute atomic E-state index is 0.106. The summed E-state index contributed by atoms with van der Waals surface area (Å²) in [6, 6.07) is 6.14. The van der Waals surface area contributed by atoms with Gasteiger partial charge in [-0.2, -0.15) is 0 Å². The summed E-state index contributed by atoms with van der Waals surface area (Å²) in [7, 11) is 1.67. The van der Waals surface area contributed by atoms with Gasteiger partial charge in [-0.3, -0.25) is 9.69 Å². The SMILES string of the molecule is CCOc1ccc(CN2CCC3(CCCNC3=O)CC2)cc1OC. The first-order valence-electron chi connectivity index (χ1n) is 8.97. The first-order valence-corrected chi connectivity index (χ1v) is 8.97. The second kappa shape index (κ2) is 7.43. The number of nitrogens with one attached hydrogen (secondary N) is 1. The maximum Gasteiger partial charge on any atom is 0.226 e. The van der Waals surface area contributed by atoms with Crippen LogP contribution in [-0.4, -0.2) is 44.2 Å². The van der Waals surface area contributed by atoms with Crippen LogP contribution in [0.15, 0.2) is 18.2 Å². The Kier molecular flexibility index (Phi) is 5.29. The fraction of sp³-hybridized carbons (Fsp3) is 0.632. The number of nitrogens with zero attached hydrogens (tertiary/aromatic N) is 1. The predicted octanol–water partition coefficient (Wildman–Crippen LogP) is 2.59. The smallest absolute Gasteiger partial charge is 0.226 e. The van der Waals surface area contributed by atoms with Crippen LogP contribution >= 0.6 is 0 Å². The Balaban J connectivity index is 1.61. The molecular formula is C19H28N2O3. The van der Waals surface area contributed by atoms with Crippen LogP contribution in [0.2, 0.25) is 0 Å². The number of benzene rings is 1. The lowest BCUT2D eigenvalue weighted by Crippen LogP contribution is -2.51. The van der Waals surface area contributed by atoms with Crippen LogP contribution in [0, 0.1) is 5.41 Å². The minimum atomic E-state index is -0.106. The van der Waals surface area contributed by atoms with Crippen molar-refractivity contribution in [3.63, 3.8) is 0 Å². The molecule has 2 aliphatic rings. The number of carbonyl (C=O) groups is 1. The highest BCUT2D eigenvalue weighted by molar-refractivity contribution is 5.83. The molecule has 5 nitrogen and oxygen atoms in total. The summed E-state index contributed by atoms with van der Waals surface area (Å²) in [6.07, 6.45) is 4.09. The monoisotopic (exact) mass is 332 g/mol. The molecule has 0 aliphatic carbocycles. The first kappa shape index (κ1) is 17.1. The molecule has 132 valence electrons. The quantitative estimate of drug-likeness (QED) is 0.900. The van der Waals surface area contributed by atoms with Crippen molar-refractivity contribution in [1.29, 1.82) is 0 Å². The number of methoxy groups -OCH3 is 1. The van der Waals surface area contributed by atoms with Crippen LogP contribution in [0.4, 0.5) is 0 Å². The highest BCUT2D eigenvalue weighted by Crippen LogP contribution is 2.38. The number of hydrogen-bond acceptors (Lipinski definition) is 4. The molecule has 2 aliphatic heterocycles. The maximum atomic E-state index is 12.3. The molecule has 1 amide bonds. The van der Waals surface area contributed by atoms with E-state index in [1.54, 1.807) is 7.11 Å². The summed E-state index contributed by atoms with van der Waals surface area (Å²) < 4.78 is 11.0. The summed E-state index contributed by atoms with van der Waals surface area (Å²) in [5.41, 5.74) is 1.12. The van der Waals surface area contributed by atoms with Gasteiger partial charge in [-0.25, -0.2) is 0 Å². The van der Waals surface area contributed by atoms with E-state index in [1.165, 1.54) is 5.56 Å². The number of amides is 1. The topological polar surface area (TPSA) is 50.8 Å². The zero-order chi connectivity index (χ0) is 17.0. The normalized spacial score (nSPS) is 20.7. The van der Waals surface area contributed by atoms with E-state index in [4.69, 9.17) is 9.47 Å². The second-order valence-corrected chi connectivity index (χ2v) is 6.83. The third-order valence-corrected chi connectivity index (χ3v) is 5.35. The van der Waals surface area contributed by atoms with Gasteiger partial charge >= 0.3 is 0 Å². The van der Waals surface area contributed by atoms with E-state index < -0.39 is 0 Å². The number of hydrogen-bond donors (Lipinski definition) is 1. The van der Waals surface area contributed by atoms with Crippen LogP contribution in [0.5, 0.6) is 11.5 Å². The number of carbonyl (C=O) groups excluding carboxylic acids is 1. The maximum absolute atomic E-state index is 12.3. The molecule has 2 saturated heterocycles. The molecule has 0 bridgehead atoms. The van der Waals surface area contributed by atoms with E-state index in [1.807, 2.05) is 13.0 Å². The second-order valence-electron chi connectivity index (χ2n) is 6.83. The molecule has 3 rings (SSSR count). The summed E-state index contributed by atoms with van der Waals surface area (Å²) in [5, 5.41) is 3.05. The molecule has 0 saturated carbocycles.